The van der Waals surface area contributed by atoms with E-state index in [2.05, 4.69) is 12.2 Å². The van der Waals surface area contributed by atoms with Crippen molar-refractivity contribution >= 4 is 11.3 Å². The minimum atomic E-state index is -0.101. The van der Waals surface area contributed by atoms with E-state index in [9.17, 15) is 0 Å². The van der Waals surface area contributed by atoms with Crippen molar-refractivity contribution in [3.05, 3.63) is 15.6 Å². The van der Waals surface area contributed by atoms with Crippen molar-refractivity contribution < 1.29 is 4.74 Å². The molecule has 0 bridgehead atoms. The lowest BCUT2D eigenvalue weighted by Crippen LogP contribution is -2.26. The molecule has 0 aromatic carbocycles. The minimum absolute atomic E-state index is 0.101. The highest BCUT2D eigenvalue weighted by molar-refractivity contribution is 7.11. The third-order valence-corrected chi connectivity index (χ3v) is 6.35. The molecule has 1 saturated heterocycles. The summed E-state index contributed by atoms with van der Waals surface area (Å²) in [7, 11) is 0. The van der Waals surface area contributed by atoms with E-state index in [1.54, 1.807) is 0 Å². The molecule has 2 aliphatic carbocycles. The van der Waals surface area contributed by atoms with E-state index in [0.717, 1.165) is 25.6 Å². The molecular weight excluding hydrogens is 268 g/mol. The molecule has 0 radical (unpaired) electrons. The van der Waals surface area contributed by atoms with Crippen LogP contribution < -0.4 is 5.32 Å². The van der Waals surface area contributed by atoms with E-state index in [1.165, 1.54) is 54.1 Å². The van der Waals surface area contributed by atoms with Gasteiger partial charge in [-0.05, 0) is 51.9 Å². The first-order valence-electron chi connectivity index (χ1n) is 8.12. The molecule has 1 saturated carbocycles. The van der Waals surface area contributed by atoms with Gasteiger partial charge >= 0.3 is 0 Å². The third kappa shape index (κ3) is 2.42. The van der Waals surface area contributed by atoms with Gasteiger partial charge in [0.2, 0.25) is 0 Å². The van der Waals surface area contributed by atoms with Crippen LogP contribution in [0.3, 0.4) is 0 Å². The zero-order valence-corrected chi connectivity index (χ0v) is 13.1. The Hall–Kier alpha value is -0.450. The highest BCUT2D eigenvalue weighted by Crippen LogP contribution is 2.42. The smallest absolute Gasteiger partial charge is 0.125 e. The summed E-state index contributed by atoms with van der Waals surface area (Å²) < 4.78 is 5.98. The molecule has 2 atom stereocenters. The van der Waals surface area contributed by atoms with Crippen molar-refractivity contribution in [3.63, 3.8) is 0 Å². The van der Waals surface area contributed by atoms with Crippen molar-refractivity contribution in [1.82, 2.24) is 10.3 Å². The molecule has 3 aliphatic rings. The largest absolute Gasteiger partial charge is 0.368 e. The predicted molar refractivity (Wildman–Crippen MR) is 81.4 cm³/mol. The van der Waals surface area contributed by atoms with Crippen LogP contribution in [0, 0.1) is 0 Å². The number of fused-ring (bicyclic) bond motifs is 1. The van der Waals surface area contributed by atoms with Gasteiger partial charge in [0, 0.05) is 30.0 Å². The van der Waals surface area contributed by atoms with Crippen LogP contribution in [0.4, 0.5) is 0 Å². The fraction of sp³-hybridized carbons (Fsp3) is 0.812. The van der Waals surface area contributed by atoms with E-state index in [0.29, 0.717) is 5.92 Å². The molecule has 2 heterocycles. The maximum Gasteiger partial charge on any atom is 0.125 e. The lowest BCUT2D eigenvalue weighted by atomic mass is 9.91. The second-order valence-electron chi connectivity index (χ2n) is 6.78. The van der Waals surface area contributed by atoms with Gasteiger partial charge in [0.25, 0.3) is 0 Å². The Kier molecular flexibility index (Phi) is 3.36. The molecule has 20 heavy (non-hydrogen) atoms. The number of ether oxygens (including phenoxy) is 1. The molecule has 1 N–H and O–H groups in total. The van der Waals surface area contributed by atoms with Crippen LogP contribution in [-0.2, 0) is 16.8 Å². The highest BCUT2D eigenvalue weighted by atomic mass is 32.1. The fourth-order valence-corrected chi connectivity index (χ4v) is 4.79. The van der Waals surface area contributed by atoms with E-state index in [1.807, 2.05) is 11.3 Å². The summed E-state index contributed by atoms with van der Waals surface area (Å²) in [6.07, 6.45) is 8.89. The van der Waals surface area contributed by atoms with Gasteiger partial charge in [-0.3, -0.25) is 0 Å². The lowest BCUT2D eigenvalue weighted by Gasteiger charge is -2.21. The van der Waals surface area contributed by atoms with Gasteiger partial charge in [0.05, 0.1) is 5.69 Å². The van der Waals surface area contributed by atoms with Gasteiger partial charge in [0.1, 0.15) is 10.6 Å². The van der Waals surface area contributed by atoms with Crippen LogP contribution in [0.15, 0.2) is 0 Å². The normalized spacial score (nSPS) is 33.4. The first kappa shape index (κ1) is 13.2. The Morgan fingerprint density at radius 1 is 1.35 bits per heavy atom. The Labute approximate surface area is 125 Å². The zero-order valence-electron chi connectivity index (χ0n) is 12.3. The van der Waals surface area contributed by atoms with Crippen LogP contribution in [0.1, 0.15) is 66.9 Å². The van der Waals surface area contributed by atoms with Crippen LogP contribution in [0.25, 0.3) is 0 Å². The van der Waals surface area contributed by atoms with Crippen LogP contribution >= 0.6 is 11.3 Å². The Morgan fingerprint density at radius 2 is 2.25 bits per heavy atom. The Morgan fingerprint density at radius 3 is 3.00 bits per heavy atom. The predicted octanol–water partition coefficient (Wildman–Crippen LogP) is 3.34. The molecule has 4 rings (SSSR count). The molecule has 4 heteroatoms. The number of thiazole rings is 1. The molecular formula is C16H24N2OS. The standard InChI is InChI=1S/C16H24N2OS/c1-16(8-3-9-19-16)15-18-14-11(10-17-12-6-7-12)4-2-5-13(14)20-15/h11-12,17H,2-10H2,1H3. The summed E-state index contributed by atoms with van der Waals surface area (Å²) >= 11 is 1.92. The van der Waals surface area contributed by atoms with E-state index < -0.39 is 0 Å². The Balaban J connectivity index is 1.56. The van der Waals surface area contributed by atoms with Crippen LogP contribution in [0.5, 0.6) is 0 Å². The van der Waals surface area contributed by atoms with E-state index >= 15 is 0 Å². The first-order chi connectivity index (χ1) is 9.74. The number of nitrogens with zero attached hydrogens (tertiary/aromatic N) is 1. The van der Waals surface area contributed by atoms with Gasteiger partial charge in [-0.1, -0.05) is 0 Å². The van der Waals surface area contributed by atoms with Gasteiger partial charge in [-0.2, -0.15) is 0 Å². The van der Waals surface area contributed by atoms with Crippen molar-refractivity contribution in [1.29, 1.82) is 0 Å². The van der Waals surface area contributed by atoms with Gasteiger partial charge in [0.15, 0.2) is 0 Å². The molecule has 0 amide bonds. The topological polar surface area (TPSA) is 34.2 Å². The molecule has 2 unspecified atom stereocenters. The molecule has 1 aliphatic heterocycles. The third-order valence-electron chi connectivity index (χ3n) is 4.97. The second-order valence-corrected chi connectivity index (χ2v) is 7.87. The average Bonchev–Trinajstić information content (AvgIpc) is 2.98. The number of hydrogen-bond acceptors (Lipinski definition) is 4. The van der Waals surface area contributed by atoms with Crippen molar-refractivity contribution in [3.8, 4) is 0 Å². The molecule has 3 nitrogen and oxygen atoms in total. The van der Waals surface area contributed by atoms with Crippen LogP contribution in [0.2, 0.25) is 0 Å². The Bertz CT molecular complexity index is 489. The number of aromatic nitrogens is 1. The molecule has 110 valence electrons. The lowest BCUT2D eigenvalue weighted by molar-refractivity contribution is 0.0165. The maximum atomic E-state index is 5.98. The minimum Gasteiger partial charge on any atom is -0.368 e. The maximum absolute atomic E-state index is 5.98. The monoisotopic (exact) mass is 292 g/mol. The van der Waals surface area contributed by atoms with Crippen molar-refractivity contribution in [2.75, 3.05) is 13.2 Å². The molecule has 1 aromatic heterocycles. The van der Waals surface area contributed by atoms with Crippen LogP contribution in [-0.4, -0.2) is 24.2 Å². The molecule has 1 aromatic rings. The quantitative estimate of drug-likeness (QED) is 0.924. The number of rotatable bonds is 4. The van der Waals surface area contributed by atoms with Gasteiger partial charge in [-0.25, -0.2) is 4.98 Å². The summed E-state index contributed by atoms with van der Waals surface area (Å²) in [6.45, 7) is 4.24. The summed E-state index contributed by atoms with van der Waals surface area (Å²) in [5.41, 5.74) is 1.29. The van der Waals surface area contributed by atoms with Gasteiger partial charge in [-0.15, -0.1) is 11.3 Å². The second kappa shape index (κ2) is 5.08. The average molecular weight is 292 g/mol. The van der Waals surface area contributed by atoms with Crippen molar-refractivity contribution in [2.45, 2.75) is 69.4 Å². The molecule has 2 fully saturated rings. The summed E-state index contributed by atoms with van der Waals surface area (Å²) in [5, 5.41) is 4.92. The molecule has 0 spiro atoms. The number of nitrogens with one attached hydrogen (secondary N) is 1. The highest BCUT2D eigenvalue weighted by Gasteiger charge is 2.37. The van der Waals surface area contributed by atoms with E-state index in [-0.39, 0.29) is 5.60 Å². The number of aryl methyl sites for hydroxylation is 1. The van der Waals surface area contributed by atoms with Crippen molar-refractivity contribution in [2.24, 2.45) is 0 Å². The van der Waals surface area contributed by atoms with E-state index in [4.69, 9.17) is 9.72 Å². The van der Waals surface area contributed by atoms with Gasteiger partial charge < -0.3 is 10.1 Å². The summed E-state index contributed by atoms with van der Waals surface area (Å²) in [5.74, 6) is 0.634. The number of hydrogen-bond donors (Lipinski definition) is 1. The first-order valence-corrected chi connectivity index (χ1v) is 8.94. The summed E-state index contributed by atoms with van der Waals surface area (Å²) in [6, 6.07) is 0.800. The zero-order chi connectivity index (χ0) is 13.6. The summed E-state index contributed by atoms with van der Waals surface area (Å²) in [4.78, 5) is 6.57. The SMILES string of the molecule is CC1(c2nc3c(s2)CCCC3CNC2CC2)CCCO1. The fourth-order valence-electron chi connectivity index (χ4n) is 3.48.